The molecule has 2 aromatic carbocycles. The molecule has 0 saturated carbocycles. The lowest BCUT2D eigenvalue weighted by Crippen LogP contribution is -2.27. The van der Waals surface area contributed by atoms with Gasteiger partial charge in [-0.15, -0.1) is 0 Å². The average Bonchev–Trinajstić information content (AvgIpc) is 2.38. The Morgan fingerprint density at radius 1 is 0.667 bits per heavy atom. The summed E-state index contributed by atoms with van der Waals surface area (Å²) in [5, 5.41) is 1.24. The summed E-state index contributed by atoms with van der Waals surface area (Å²) >= 11 is 12.2. The molecule has 0 bridgehead atoms. The smallest absolute Gasteiger partial charge is 0.0506 e. The number of rotatable bonds is 3. The van der Waals surface area contributed by atoms with E-state index in [0.29, 0.717) is 10.0 Å². The third-order valence-corrected chi connectivity index (χ3v) is 3.60. The van der Waals surface area contributed by atoms with Crippen molar-refractivity contribution in [2.45, 2.75) is 12.1 Å². The third kappa shape index (κ3) is 2.68. The molecule has 2 aromatic rings. The fourth-order valence-electron chi connectivity index (χ4n) is 1.88. The minimum Gasteiger partial charge on any atom is -0.322 e. The van der Waals surface area contributed by atoms with Crippen LogP contribution >= 0.6 is 23.2 Å². The summed E-state index contributed by atoms with van der Waals surface area (Å²) in [4.78, 5) is 0. The molecule has 2 atom stereocenters. The van der Waals surface area contributed by atoms with Crippen LogP contribution < -0.4 is 11.5 Å². The standard InChI is InChI=1S/C14H14Cl2N2/c15-11-7-3-1-5-9(11)13(17)14(18)10-6-2-4-8-12(10)16/h1-8,13-14H,17-18H2. The van der Waals surface area contributed by atoms with E-state index in [-0.39, 0.29) is 0 Å². The molecule has 2 unspecified atom stereocenters. The first-order chi connectivity index (χ1) is 8.61. The van der Waals surface area contributed by atoms with E-state index in [1.54, 1.807) is 12.1 Å². The van der Waals surface area contributed by atoms with E-state index in [2.05, 4.69) is 0 Å². The van der Waals surface area contributed by atoms with Gasteiger partial charge in [-0.2, -0.15) is 0 Å². The van der Waals surface area contributed by atoms with Gasteiger partial charge in [0.2, 0.25) is 0 Å². The van der Waals surface area contributed by atoms with Gasteiger partial charge in [-0.3, -0.25) is 0 Å². The molecule has 4 N–H and O–H groups in total. The molecular weight excluding hydrogens is 267 g/mol. The van der Waals surface area contributed by atoms with Gasteiger partial charge in [0.25, 0.3) is 0 Å². The van der Waals surface area contributed by atoms with E-state index in [1.807, 2.05) is 36.4 Å². The summed E-state index contributed by atoms with van der Waals surface area (Å²) in [5.41, 5.74) is 14.0. The highest BCUT2D eigenvalue weighted by atomic mass is 35.5. The van der Waals surface area contributed by atoms with Gasteiger partial charge >= 0.3 is 0 Å². The van der Waals surface area contributed by atoms with Crippen molar-refractivity contribution in [3.05, 3.63) is 69.7 Å². The lowest BCUT2D eigenvalue weighted by molar-refractivity contribution is 0.575. The fourth-order valence-corrected chi connectivity index (χ4v) is 2.40. The second-order valence-corrected chi connectivity index (χ2v) is 4.91. The monoisotopic (exact) mass is 280 g/mol. The Balaban J connectivity index is 2.33. The maximum Gasteiger partial charge on any atom is 0.0506 e. The number of nitrogens with two attached hydrogens (primary N) is 2. The van der Waals surface area contributed by atoms with E-state index in [1.165, 1.54) is 0 Å². The highest BCUT2D eigenvalue weighted by Crippen LogP contribution is 2.32. The van der Waals surface area contributed by atoms with E-state index in [9.17, 15) is 0 Å². The summed E-state index contributed by atoms with van der Waals surface area (Å²) in [5.74, 6) is 0. The Kier molecular flexibility index (Phi) is 4.25. The molecule has 0 aliphatic rings. The molecule has 18 heavy (non-hydrogen) atoms. The maximum absolute atomic E-state index is 6.17. The summed E-state index contributed by atoms with van der Waals surface area (Å²) in [6, 6.07) is 14.1. The van der Waals surface area contributed by atoms with Crippen LogP contribution in [0.25, 0.3) is 0 Å². The molecule has 0 spiro atoms. The van der Waals surface area contributed by atoms with Gasteiger partial charge in [-0.05, 0) is 23.3 Å². The van der Waals surface area contributed by atoms with Crippen molar-refractivity contribution in [2.75, 3.05) is 0 Å². The Bertz CT molecular complexity index is 493. The first kappa shape index (κ1) is 13.4. The number of hydrogen-bond acceptors (Lipinski definition) is 2. The predicted molar refractivity (Wildman–Crippen MR) is 76.8 cm³/mol. The van der Waals surface area contributed by atoms with Crippen LogP contribution in [0, 0.1) is 0 Å². The molecule has 0 radical (unpaired) electrons. The van der Waals surface area contributed by atoms with Crippen LogP contribution in [0.4, 0.5) is 0 Å². The van der Waals surface area contributed by atoms with Gasteiger partial charge in [0.1, 0.15) is 0 Å². The Morgan fingerprint density at radius 2 is 1.00 bits per heavy atom. The van der Waals surface area contributed by atoms with Gasteiger partial charge in [-0.25, -0.2) is 0 Å². The summed E-state index contributed by atoms with van der Waals surface area (Å²) in [6.45, 7) is 0. The molecule has 94 valence electrons. The minimum absolute atomic E-state index is 0.390. The van der Waals surface area contributed by atoms with Gasteiger partial charge in [0.15, 0.2) is 0 Å². The number of hydrogen-bond donors (Lipinski definition) is 2. The molecular formula is C14H14Cl2N2. The minimum atomic E-state index is -0.390. The normalized spacial score (nSPS) is 14.2. The Morgan fingerprint density at radius 3 is 1.33 bits per heavy atom. The van der Waals surface area contributed by atoms with E-state index in [4.69, 9.17) is 34.7 Å². The predicted octanol–water partition coefficient (Wildman–Crippen LogP) is 3.69. The Hall–Kier alpha value is -1.06. The van der Waals surface area contributed by atoms with Crippen molar-refractivity contribution in [1.29, 1.82) is 0 Å². The van der Waals surface area contributed by atoms with Gasteiger partial charge in [-0.1, -0.05) is 59.6 Å². The van der Waals surface area contributed by atoms with Crippen molar-refractivity contribution in [3.8, 4) is 0 Å². The number of halogens is 2. The molecule has 0 aliphatic heterocycles. The van der Waals surface area contributed by atoms with E-state index in [0.717, 1.165) is 11.1 Å². The van der Waals surface area contributed by atoms with Gasteiger partial charge in [0.05, 0.1) is 12.1 Å². The van der Waals surface area contributed by atoms with Crippen LogP contribution in [-0.4, -0.2) is 0 Å². The van der Waals surface area contributed by atoms with Crippen molar-refractivity contribution in [1.82, 2.24) is 0 Å². The molecule has 0 fully saturated rings. The zero-order chi connectivity index (χ0) is 13.1. The highest BCUT2D eigenvalue weighted by molar-refractivity contribution is 6.31. The average molecular weight is 281 g/mol. The molecule has 4 heteroatoms. The second-order valence-electron chi connectivity index (χ2n) is 4.09. The lowest BCUT2D eigenvalue weighted by atomic mass is 9.95. The van der Waals surface area contributed by atoms with Gasteiger partial charge < -0.3 is 11.5 Å². The van der Waals surface area contributed by atoms with E-state index < -0.39 is 12.1 Å². The highest BCUT2D eigenvalue weighted by Gasteiger charge is 2.20. The summed E-state index contributed by atoms with van der Waals surface area (Å²) in [7, 11) is 0. The molecule has 2 rings (SSSR count). The molecule has 0 aromatic heterocycles. The number of benzene rings is 2. The molecule has 0 aliphatic carbocycles. The first-order valence-electron chi connectivity index (χ1n) is 5.61. The summed E-state index contributed by atoms with van der Waals surface area (Å²) in [6.07, 6.45) is 0. The molecule has 0 saturated heterocycles. The van der Waals surface area contributed by atoms with Crippen LogP contribution in [0.3, 0.4) is 0 Å². The lowest BCUT2D eigenvalue weighted by Gasteiger charge is -2.22. The first-order valence-corrected chi connectivity index (χ1v) is 6.37. The molecule has 2 nitrogen and oxygen atoms in total. The van der Waals surface area contributed by atoms with E-state index >= 15 is 0 Å². The second kappa shape index (κ2) is 5.72. The molecule has 0 heterocycles. The van der Waals surface area contributed by atoms with Crippen molar-refractivity contribution >= 4 is 23.2 Å². The van der Waals surface area contributed by atoms with Crippen LogP contribution in [0.2, 0.25) is 10.0 Å². The van der Waals surface area contributed by atoms with Crippen LogP contribution in [0.15, 0.2) is 48.5 Å². The zero-order valence-electron chi connectivity index (χ0n) is 9.68. The van der Waals surface area contributed by atoms with Crippen molar-refractivity contribution in [3.63, 3.8) is 0 Å². The van der Waals surface area contributed by atoms with Crippen molar-refractivity contribution in [2.24, 2.45) is 11.5 Å². The largest absolute Gasteiger partial charge is 0.322 e. The molecule has 0 amide bonds. The SMILES string of the molecule is NC(c1ccccc1Cl)C(N)c1ccccc1Cl. The quantitative estimate of drug-likeness (QED) is 0.901. The fraction of sp³-hybridized carbons (Fsp3) is 0.143. The van der Waals surface area contributed by atoms with Crippen LogP contribution in [-0.2, 0) is 0 Å². The Labute approximate surface area is 117 Å². The maximum atomic E-state index is 6.17. The van der Waals surface area contributed by atoms with Crippen LogP contribution in [0.5, 0.6) is 0 Å². The summed E-state index contributed by atoms with van der Waals surface area (Å²) < 4.78 is 0. The topological polar surface area (TPSA) is 52.0 Å². The third-order valence-electron chi connectivity index (χ3n) is 2.92. The van der Waals surface area contributed by atoms with Crippen LogP contribution in [0.1, 0.15) is 23.2 Å². The van der Waals surface area contributed by atoms with Gasteiger partial charge in [0, 0.05) is 10.0 Å². The zero-order valence-corrected chi connectivity index (χ0v) is 11.2. The van der Waals surface area contributed by atoms with Crippen molar-refractivity contribution < 1.29 is 0 Å².